The van der Waals surface area contributed by atoms with Gasteiger partial charge in [-0.1, -0.05) is 38.1 Å². The Bertz CT molecular complexity index is 1310. The monoisotopic (exact) mass is 448 g/mol. The van der Waals surface area contributed by atoms with Crippen molar-refractivity contribution >= 4 is 51.5 Å². The molecule has 8 heteroatoms. The minimum absolute atomic E-state index is 0.0617. The molecule has 0 unspecified atom stereocenters. The summed E-state index contributed by atoms with van der Waals surface area (Å²) in [6, 6.07) is 14.1. The summed E-state index contributed by atoms with van der Waals surface area (Å²) < 4.78 is 5.45. The SMILES string of the molecule is CC(C)c1ccc(NC(=O)CN2C(=O)S/C(=C\c3coc4ccccc4c3=O)C2=O)cc1. The number of imide groups is 1. The Hall–Kier alpha value is -3.65. The number of carbonyl (C=O) groups excluding carboxylic acids is 3. The molecular weight excluding hydrogens is 428 g/mol. The molecule has 3 amide bonds. The third-order valence-electron chi connectivity index (χ3n) is 5.03. The van der Waals surface area contributed by atoms with Gasteiger partial charge in [0.05, 0.1) is 15.9 Å². The maximum atomic E-state index is 12.7. The van der Waals surface area contributed by atoms with Crippen molar-refractivity contribution in [2.45, 2.75) is 19.8 Å². The van der Waals surface area contributed by atoms with Gasteiger partial charge in [-0.25, -0.2) is 0 Å². The van der Waals surface area contributed by atoms with Crippen molar-refractivity contribution in [1.29, 1.82) is 0 Å². The maximum absolute atomic E-state index is 12.7. The van der Waals surface area contributed by atoms with E-state index in [-0.39, 0.29) is 15.9 Å². The third-order valence-corrected chi connectivity index (χ3v) is 5.94. The summed E-state index contributed by atoms with van der Waals surface area (Å²) in [4.78, 5) is 51.0. The lowest BCUT2D eigenvalue weighted by atomic mass is 10.0. The van der Waals surface area contributed by atoms with Gasteiger partial charge in [0.15, 0.2) is 5.43 Å². The number of rotatable bonds is 5. The van der Waals surface area contributed by atoms with Crippen LogP contribution in [0.3, 0.4) is 0 Å². The van der Waals surface area contributed by atoms with Crippen LogP contribution < -0.4 is 10.7 Å². The normalized spacial score (nSPS) is 15.2. The van der Waals surface area contributed by atoms with Gasteiger partial charge in [0.25, 0.3) is 11.1 Å². The molecule has 0 radical (unpaired) electrons. The van der Waals surface area contributed by atoms with Crippen LogP contribution >= 0.6 is 11.8 Å². The molecule has 1 aliphatic heterocycles. The fourth-order valence-corrected chi connectivity index (χ4v) is 4.09. The Kier molecular flexibility index (Phi) is 5.96. The fourth-order valence-electron chi connectivity index (χ4n) is 3.27. The Morgan fingerprint density at radius 2 is 1.81 bits per heavy atom. The van der Waals surface area contributed by atoms with Crippen LogP contribution in [0.1, 0.15) is 30.9 Å². The van der Waals surface area contributed by atoms with Gasteiger partial charge in [-0.2, -0.15) is 0 Å². The van der Waals surface area contributed by atoms with E-state index in [2.05, 4.69) is 19.2 Å². The van der Waals surface area contributed by atoms with Crippen LogP contribution in [-0.4, -0.2) is 28.5 Å². The molecule has 1 aromatic heterocycles. The minimum Gasteiger partial charge on any atom is -0.463 e. The first-order valence-corrected chi connectivity index (χ1v) is 10.8. The van der Waals surface area contributed by atoms with Crippen molar-refractivity contribution in [2.75, 3.05) is 11.9 Å². The smallest absolute Gasteiger partial charge is 0.294 e. The van der Waals surface area contributed by atoms with Crippen molar-refractivity contribution in [2.24, 2.45) is 0 Å². The largest absolute Gasteiger partial charge is 0.463 e. The number of thioether (sulfide) groups is 1. The van der Waals surface area contributed by atoms with Crippen LogP contribution in [0.5, 0.6) is 0 Å². The second kappa shape index (κ2) is 8.84. The lowest BCUT2D eigenvalue weighted by molar-refractivity contribution is -0.127. The number of para-hydroxylation sites is 1. The van der Waals surface area contributed by atoms with Crippen molar-refractivity contribution in [3.63, 3.8) is 0 Å². The van der Waals surface area contributed by atoms with E-state index in [1.807, 2.05) is 12.1 Å². The number of benzene rings is 2. The molecule has 2 aromatic carbocycles. The standard InChI is InChI=1S/C24H20N2O5S/c1-14(2)15-7-9-17(10-8-15)25-21(27)12-26-23(29)20(32-24(26)30)11-16-13-31-19-6-4-3-5-18(19)22(16)28/h3-11,13-14H,12H2,1-2H3,(H,25,27)/b20-11-. The Balaban J connectivity index is 1.48. The zero-order valence-electron chi connectivity index (χ0n) is 17.5. The van der Waals surface area contributed by atoms with Crippen LogP contribution in [-0.2, 0) is 9.59 Å². The van der Waals surface area contributed by atoms with E-state index in [0.29, 0.717) is 34.3 Å². The Labute approximate surface area is 188 Å². The highest BCUT2D eigenvalue weighted by atomic mass is 32.2. The number of carbonyl (C=O) groups is 3. The summed E-state index contributed by atoms with van der Waals surface area (Å²) in [5.74, 6) is -0.749. The average molecular weight is 449 g/mol. The third kappa shape index (κ3) is 4.36. The first kappa shape index (κ1) is 21.6. The van der Waals surface area contributed by atoms with Crippen LogP contribution in [0.2, 0.25) is 0 Å². The van der Waals surface area contributed by atoms with Gasteiger partial charge in [-0.3, -0.25) is 24.1 Å². The van der Waals surface area contributed by atoms with Crippen LogP contribution in [0.15, 0.2) is 68.9 Å². The van der Waals surface area contributed by atoms with Crippen molar-refractivity contribution in [1.82, 2.24) is 4.90 Å². The topological polar surface area (TPSA) is 96.7 Å². The predicted octanol–water partition coefficient (Wildman–Crippen LogP) is 4.59. The molecule has 3 aromatic rings. The number of amides is 3. The lowest BCUT2D eigenvalue weighted by Gasteiger charge is -2.13. The Morgan fingerprint density at radius 1 is 1.09 bits per heavy atom. The first-order valence-electron chi connectivity index (χ1n) is 9.99. The average Bonchev–Trinajstić information content (AvgIpc) is 3.03. The highest BCUT2D eigenvalue weighted by molar-refractivity contribution is 8.18. The summed E-state index contributed by atoms with van der Waals surface area (Å²) in [6.07, 6.45) is 2.58. The minimum atomic E-state index is -0.627. The van der Waals surface area contributed by atoms with Gasteiger partial charge < -0.3 is 9.73 Å². The highest BCUT2D eigenvalue weighted by Gasteiger charge is 2.36. The molecule has 1 fully saturated rings. The molecule has 0 atom stereocenters. The van der Waals surface area contributed by atoms with Crippen molar-refractivity contribution in [3.05, 3.63) is 81.0 Å². The fraction of sp³-hybridized carbons (Fsp3) is 0.167. The summed E-state index contributed by atoms with van der Waals surface area (Å²) in [7, 11) is 0. The molecule has 2 heterocycles. The predicted molar refractivity (Wildman–Crippen MR) is 124 cm³/mol. The summed E-state index contributed by atoms with van der Waals surface area (Å²) >= 11 is 0.682. The number of hydrogen-bond acceptors (Lipinski definition) is 6. The summed E-state index contributed by atoms with van der Waals surface area (Å²) in [5.41, 5.74) is 2.00. The highest BCUT2D eigenvalue weighted by Crippen LogP contribution is 2.32. The maximum Gasteiger partial charge on any atom is 0.294 e. The van der Waals surface area contributed by atoms with Crippen molar-refractivity contribution in [3.8, 4) is 0 Å². The second-order valence-corrected chi connectivity index (χ2v) is 8.60. The molecule has 1 saturated heterocycles. The van der Waals surface area contributed by atoms with E-state index in [1.54, 1.807) is 36.4 Å². The van der Waals surface area contributed by atoms with E-state index in [4.69, 9.17) is 4.42 Å². The number of fused-ring (bicyclic) bond motifs is 1. The molecule has 0 spiro atoms. The number of hydrogen-bond donors (Lipinski definition) is 1. The number of anilines is 1. The first-order chi connectivity index (χ1) is 15.3. The quantitative estimate of drug-likeness (QED) is 0.574. The van der Waals surface area contributed by atoms with Crippen LogP contribution in [0.25, 0.3) is 17.0 Å². The second-order valence-electron chi connectivity index (χ2n) is 7.61. The van der Waals surface area contributed by atoms with Crippen molar-refractivity contribution < 1.29 is 18.8 Å². The molecule has 32 heavy (non-hydrogen) atoms. The van der Waals surface area contributed by atoms with Gasteiger partial charge in [0.2, 0.25) is 5.91 Å². The summed E-state index contributed by atoms with van der Waals surface area (Å²) in [5, 5.41) is 2.50. The molecule has 0 saturated carbocycles. The molecule has 4 rings (SSSR count). The zero-order chi connectivity index (χ0) is 22.8. The number of nitrogens with one attached hydrogen (secondary N) is 1. The molecule has 0 bridgehead atoms. The van der Waals surface area contributed by atoms with Gasteiger partial charge in [-0.05, 0) is 53.6 Å². The van der Waals surface area contributed by atoms with Gasteiger partial charge in [0, 0.05) is 5.69 Å². The Morgan fingerprint density at radius 3 is 2.53 bits per heavy atom. The van der Waals surface area contributed by atoms with Gasteiger partial charge in [-0.15, -0.1) is 0 Å². The lowest BCUT2D eigenvalue weighted by Crippen LogP contribution is -2.36. The van der Waals surface area contributed by atoms with E-state index >= 15 is 0 Å². The molecule has 1 N–H and O–H groups in total. The van der Waals surface area contributed by atoms with E-state index in [9.17, 15) is 19.2 Å². The number of nitrogens with zero attached hydrogens (tertiary/aromatic N) is 1. The van der Waals surface area contributed by atoms with E-state index < -0.39 is 23.6 Å². The van der Waals surface area contributed by atoms with E-state index in [1.165, 1.54) is 12.3 Å². The molecule has 0 aliphatic carbocycles. The summed E-state index contributed by atoms with van der Waals surface area (Å²) in [6.45, 7) is 3.73. The molecule has 1 aliphatic rings. The van der Waals surface area contributed by atoms with Crippen LogP contribution in [0, 0.1) is 0 Å². The zero-order valence-corrected chi connectivity index (χ0v) is 18.3. The van der Waals surface area contributed by atoms with Crippen LogP contribution in [0.4, 0.5) is 10.5 Å². The molecule has 162 valence electrons. The molecule has 7 nitrogen and oxygen atoms in total. The molecular formula is C24H20N2O5S. The van der Waals surface area contributed by atoms with Gasteiger partial charge in [0.1, 0.15) is 18.4 Å². The van der Waals surface area contributed by atoms with E-state index in [0.717, 1.165) is 10.5 Å². The van der Waals surface area contributed by atoms with Gasteiger partial charge >= 0.3 is 0 Å².